The van der Waals surface area contributed by atoms with Gasteiger partial charge in [0.05, 0.1) is 24.2 Å². The van der Waals surface area contributed by atoms with E-state index in [2.05, 4.69) is 4.84 Å². The van der Waals surface area contributed by atoms with E-state index in [0.29, 0.717) is 35.6 Å². The van der Waals surface area contributed by atoms with Gasteiger partial charge in [-0.15, -0.1) is 0 Å². The molecule has 0 amide bonds. The number of nitrogens with zero attached hydrogens (tertiary/aromatic N) is 1. The number of hydrogen-bond donors (Lipinski definition) is 5. The van der Waals surface area contributed by atoms with E-state index in [1.54, 1.807) is 60.7 Å². The Hall–Kier alpha value is -2.80. The Morgan fingerprint density at radius 2 is 1.80 bits per heavy atom. The molecule has 5 atom stereocenters. The zero-order valence-electron chi connectivity index (χ0n) is 22.7. The zero-order chi connectivity index (χ0) is 29.6. The number of carbonyl (C=O) groups is 1. The third kappa shape index (κ3) is 11.9. The molecule has 5 N–H and O–H groups in total. The summed E-state index contributed by atoms with van der Waals surface area (Å²) >= 11 is 5.94. The number of benzene rings is 2. The molecule has 3 rings (SSSR count). The average Bonchev–Trinajstić information content (AvgIpc) is 3.21. The molecule has 0 heterocycles. The Kier molecular flexibility index (Phi) is 13.7. The normalized spacial score (nSPS) is 21.6. The van der Waals surface area contributed by atoms with Crippen LogP contribution in [-0.4, -0.2) is 62.0 Å². The van der Waals surface area contributed by atoms with Crippen LogP contribution in [0.15, 0.2) is 72.8 Å². The van der Waals surface area contributed by atoms with Gasteiger partial charge in [0, 0.05) is 23.8 Å². The van der Waals surface area contributed by atoms with Crippen LogP contribution in [0.4, 0.5) is 0 Å². The van der Waals surface area contributed by atoms with Crippen LogP contribution >= 0.6 is 11.6 Å². The fraction of sp³-hybridized carbons (Fsp3) is 0.433. The highest BCUT2D eigenvalue weighted by Crippen LogP contribution is 2.36. The number of hydrogen-bond acceptors (Lipinski definition) is 10. The van der Waals surface area contributed by atoms with Crippen molar-refractivity contribution in [1.82, 2.24) is 5.39 Å². The van der Waals surface area contributed by atoms with Crippen molar-refractivity contribution in [2.75, 3.05) is 6.61 Å². The molecule has 0 aliphatic heterocycles. The summed E-state index contributed by atoms with van der Waals surface area (Å²) in [4.78, 5) is 16.7. The third-order valence-corrected chi connectivity index (χ3v) is 6.99. The van der Waals surface area contributed by atoms with Gasteiger partial charge in [0.2, 0.25) is 0 Å². The summed E-state index contributed by atoms with van der Waals surface area (Å²) in [7, 11) is 0. The number of aliphatic hydroxyl groups excluding tert-OH is 3. The van der Waals surface area contributed by atoms with E-state index in [-0.39, 0.29) is 55.9 Å². The molecular formula is C30H38ClNO9. The Morgan fingerprint density at radius 1 is 1.05 bits per heavy atom. The van der Waals surface area contributed by atoms with Gasteiger partial charge in [0.1, 0.15) is 25.1 Å². The smallest absolute Gasteiger partial charge is 0.306 e. The second-order valence-electron chi connectivity index (χ2n) is 9.94. The molecule has 224 valence electrons. The zero-order valence-corrected chi connectivity index (χ0v) is 23.4. The van der Waals surface area contributed by atoms with E-state index in [0.717, 1.165) is 5.56 Å². The lowest BCUT2D eigenvalue weighted by atomic mass is 9.89. The van der Waals surface area contributed by atoms with Crippen molar-refractivity contribution >= 4 is 17.6 Å². The quantitative estimate of drug-likeness (QED) is 0.0824. The van der Waals surface area contributed by atoms with Gasteiger partial charge in [-0.1, -0.05) is 66.2 Å². The average molecular weight is 592 g/mol. The molecule has 0 aromatic heterocycles. The van der Waals surface area contributed by atoms with Gasteiger partial charge in [0.25, 0.3) is 0 Å². The first-order valence-electron chi connectivity index (χ1n) is 13.5. The number of carbonyl (C=O) groups excluding carboxylic acids is 1. The lowest BCUT2D eigenvalue weighted by molar-refractivity contribution is -0.497. The van der Waals surface area contributed by atoms with E-state index in [1.807, 2.05) is 12.2 Å². The summed E-state index contributed by atoms with van der Waals surface area (Å²) < 4.78 is 10.9. The van der Waals surface area contributed by atoms with Gasteiger partial charge in [-0.3, -0.25) is 15.2 Å². The minimum Gasteiger partial charge on any atom is -0.491 e. The van der Waals surface area contributed by atoms with E-state index < -0.39 is 18.3 Å². The summed E-state index contributed by atoms with van der Waals surface area (Å²) in [5, 5.41) is 48.6. The van der Waals surface area contributed by atoms with Crippen molar-refractivity contribution in [2.45, 2.75) is 63.6 Å². The molecule has 2 aromatic rings. The van der Waals surface area contributed by atoms with Crippen LogP contribution in [-0.2, 0) is 27.6 Å². The van der Waals surface area contributed by atoms with Crippen LogP contribution in [0, 0.1) is 11.8 Å². The highest BCUT2D eigenvalue weighted by Gasteiger charge is 2.39. The summed E-state index contributed by atoms with van der Waals surface area (Å²) in [6.45, 7) is 0.0874. The van der Waals surface area contributed by atoms with Crippen LogP contribution in [0.3, 0.4) is 0 Å². The Bertz CT molecular complexity index is 1140. The van der Waals surface area contributed by atoms with E-state index in [1.165, 1.54) is 0 Å². The predicted molar refractivity (Wildman–Crippen MR) is 150 cm³/mol. The van der Waals surface area contributed by atoms with Crippen molar-refractivity contribution in [3.05, 3.63) is 89.0 Å². The maximum Gasteiger partial charge on any atom is 0.306 e. The predicted octanol–water partition coefficient (Wildman–Crippen LogP) is 4.37. The maximum atomic E-state index is 12.1. The van der Waals surface area contributed by atoms with Gasteiger partial charge in [-0.25, -0.2) is 4.84 Å². The molecule has 1 saturated carbocycles. The molecule has 1 fully saturated rings. The van der Waals surface area contributed by atoms with Crippen LogP contribution in [0.1, 0.15) is 43.2 Å². The van der Waals surface area contributed by atoms with Crippen molar-refractivity contribution < 1.29 is 44.8 Å². The molecule has 11 heteroatoms. The fourth-order valence-electron chi connectivity index (χ4n) is 4.67. The molecule has 2 aromatic carbocycles. The summed E-state index contributed by atoms with van der Waals surface area (Å²) in [5.74, 6) is -0.271. The third-order valence-electron chi connectivity index (χ3n) is 6.75. The molecule has 1 aliphatic rings. The molecule has 10 nitrogen and oxygen atoms in total. The van der Waals surface area contributed by atoms with E-state index in [4.69, 9.17) is 31.5 Å². The first-order valence-corrected chi connectivity index (χ1v) is 13.9. The molecule has 0 saturated heterocycles. The number of unbranched alkanes of at least 4 members (excludes halogenated alkanes) is 1. The van der Waals surface area contributed by atoms with Gasteiger partial charge < -0.3 is 24.8 Å². The van der Waals surface area contributed by atoms with Crippen LogP contribution < -0.4 is 4.74 Å². The summed E-state index contributed by atoms with van der Waals surface area (Å²) in [6, 6.07) is 13.9. The number of esters is 1. The second-order valence-corrected chi connectivity index (χ2v) is 10.4. The maximum absolute atomic E-state index is 12.1. The molecule has 41 heavy (non-hydrogen) atoms. The minimum atomic E-state index is -0.883. The molecule has 0 unspecified atom stereocenters. The number of aliphatic hydroxyl groups is 3. The number of ether oxygens (including phenoxy) is 2. The lowest BCUT2D eigenvalue weighted by Crippen LogP contribution is -2.21. The van der Waals surface area contributed by atoms with Crippen molar-refractivity contribution in [1.29, 1.82) is 0 Å². The largest absolute Gasteiger partial charge is 0.491 e. The first kappa shape index (κ1) is 32.7. The second kappa shape index (κ2) is 17.2. The van der Waals surface area contributed by atoms with Crippen LogP contribution in [0.5, 0.6) is 5.75 Å². The Labute approximate surface area is 244 Å². The standard InChI is InChI=1S/C30H38ClNO9/c31-23-9-6-10-25(16-23)39-20-24(33)13-14-27-26(28(34)17-29(27)35)11-3-1-2-4-12-30(36)40-18-21-7-5-8-22(15-21)19-41-32(37)38/h1,3,5-10,13-16,24,26-29,33-35,37-38H,2,4,11-12,17-20H2/b3-1-,14-13+/t24-,26-,27-,28+,29-/m1/s1. The van der Waals surface area contributed by atoms with Gasteiger partial charge in [-0.05, 0) is 54.5 Å². The Balaban J connectivity index is 1.35. The molecule has 0 radical (unpaired) electrons. The Morgan fingerprint density at radius 3 is 2.56 bits per heavy atom. The SMILES string of the molecule is O=C(CCC/C=C\C[C@@H]1[C@@H](/C=C/[C@@H](O)COc2cccc(Cl)c2)[C@H](O)C[C@@H]1O)OCc1cccc(CON(O)O)c1. The first-order chi connectivity index (χ1) is 19.7. The van der Waals surface area contributed by atoms with E-state index in [9.17, 15) is 20.1 Å². The summed E-state index contributed by atoms with van der Waals surface area (Å²) in [6.07, 6.45) is 7.32. The molecule has 0 spiro atoms. The van der Waals surface area contributed by atoms with E-state index >= 15 is 0 Å². The topological polar surface area (TPSA) is 149 Å². The number of halogens is 1. The van der Waals surface area contributed by atoms with Crippen LogP contribution in [0.2, 0.25) is 5.02 Å². The van der Waals surface area contributed by atoms with Crippen molar-refractivity contribution in [2.24, 2.45) is 11.8 Å². The minimum absolute atomic E-state index is 0.0324. The highest BCUT2D eigenvalue weighted by atomic mass is 35.5. The monoisotopic (exact) mass is 591 g/mol. The highest BCUT2D eigenvalue weighted by molar-refractivity contribution is 6.30. The van der Waals surface area contributed by atoms with Gasteiger partial charge >= 0.3 is 5.97 Å². The van der Waals surface area contributed by atoms with Gasteiger partial charge in [0.15, 0.2) is 0 Å². The van der Waals surface area contributed by atoms with Gasteiger partial charge in [-0.2, -0.15) is 0 Å². The molecule has 0 bridgehead atoms. The summed E-state index contributed by atoms with van der Waals surface area (Å²) in [5.41, 5.74) is 1.44. The number of allylic oxidation sites excluding steroid dienone is 2. The van der Waals surface area contributed by atoms with Crippen LogP contribution in [0.25, 0.3) is 0 Å². The lowest BCUT2D eigenvalue weighted by Gasteiger charge is -2.19. The van der Waals surface area contributed by atoms with Crippen molar-refractivity contribution in [3.8, 4) is 5.75 Å². The number of rotatable bonds is 16. The van der Waals surface area contributed by atoms with Crippen molar-refractivity contribution in [3.63, 3.8) is 0 Å². The molecular weight excluding hydrogens is 554 g/mol. The molecule has 1 aliphatic carbocycles. The fourth-order valence-corrected chi connectivity index (χ4v) is 4.85.